The van der Waals surface area contributed by atoms with E-state index in [0.29, 0.717) is 17.9 Å². The fraction of sp³-hybridized carbons (Fsp3) is 0.929. The summed E-state index contributed by atoms with van der Waals surface area (Å²) in [4.78, 5) is 12.3. The molecule has 0 aromatic heterocycles. The Bertz CT molecular complexity index is 263. The van der Waals surface area contributed by atoms with Crippen molar-refractivity contribution in [2.75, 3.05) is 7.11 Å². The third kappa shape index (κ3) is 3.01. The number of rotatable bonds is 4. The van der Waals surface area contributed by atoms with Crippen LogP contribution in [0, 0.1) is 11.8 Å². The van der Waals surface area contributed by atoms with E-state index in [1.165, 1.54) is 13.5 Å². The molecule has 0 heterocycles. The fourth-order valence-electron chi connectivity index (χ4n) is 3.29. The Labute approximate surface area is 105 Å². The van der Waals surface area contributed by atoms with Crippen LogP contribution in [0.4, 0.5) is 0 Å². The summed E-state index contributed by atoms with van der Waals surface area (Å²) >= 11 is 0. The highest BCUT2D eigenvalue weighted by Gasteiger charge is 2.49. The van der Waals surface area contributed by atoms with Crippen LogP contribution >= 0.6 is 0 Å². The zero-order chi connectivity index (χ0) is 13.1. The first-order chi connectivity index (χ1) is 7.94. The van der Waals surface area contributed by atoms with Gasteiger partial charge in [0.2, 0.25) is 0 Å². The Kier molecular flexibility index (Phi) is 4.99. The van der Waals surface area contributed by atoms with Crippen molar-refractivity contribution in [3.63, 3.8) is 0 Å². The Hall–Kier alpha value is -0.570. The van der Waals surface area contributed by atoms with E-state index in [1.54, 1.807) is 0 Å². The molecule has 0 aromatic carbocycles. The largest absolute Gasteiger partial charge is 0.468 e. The van der Waals surface area contributed by atoms with E-state index in [-0.39, 0.29) is 5.97 Å². The van der Waals surface area contributed by atoms with Gasteiger partial charge in [-0.3, -0.25) is 10.1 Å². The molecule has 17 heavy (non-hydrogen) atoms. The normalized spacial score (nSPS) is 29.7. The van der Waals surface area contributed by atoms with Crippen molar-refractivity contribution in [2.24, 2.45) is 11.8 Å². The number of hydrogen-bond acceptors (Lipinski definition) is 3. The molecule has 2 unspecified atom stereocenters. The second kappa shape index (κ2) is 5.85. The summed E-state index contributed by atoms with van der Waals surface area (Å²) < 4.78 is 5.07. The molecule has 100 valence electrons. The van der Waals surface area contributed by atoms with Crippen LogP contribution in [0.15, 0.2) is 0 Å². The van der Waals surface area contributed by atoms with Crippen molar-refractivity contribution < 1.29 is 9.53 Å². The van der Waals surface area contributed by atoms with Gasteiger partial charge >= 0.3 is 5.97 Å². The number of esters is 1. The van der Waals surface area contributed by atoms with Crippen LogP contribution in [0.1, 0.15) is 53.4 Å². The monoisotopic (exact) mass is 241 g/mol. The van der Waals surface area contributed by atoms with E-state index >= 15 is 0 Å². The molecule has 0 amide bonds. The minimum absolute atomic E-state index is 0.0791. The highest BCUT2D eigenvalue weighted by Crippen LogP contribution is 2.39. The first-order valence-electron chi connectivity index (χ1n) is 6.80. The zero-order valence-electron chi connectivity index (χ0n) is 11.9. The van der Waals surface area contributed by atoms with E-state index in [1.807, 2.05) is 0 Å². The number of carbonyl (C=O) groups excluding carboxylic acids is 1. The van der Waals surface area contributed by atoms with Gasteiger partial charge in [-0.05, 0) is 38.5 Å². The summed E-state index contributed by atoms with van der Waals surface area (Å²) in [5.41, 5.74) is -0.463. The van der Waals surface area contributed by atoms with Gasteiger partial charge in [0.1, 0.15) is 5.54 Å². The van der Waals surface area contributed by atoms with Gasteiger partial charge in [0.25, 0.3) is 0 Å². The van der Waals surface area contributed by atoms with E-state index in [2.05, 4.69) is 33.0 Å². The molecular formula is C14H27NO2. The average molecular weight is 241 g/mol. The molecule has 0 aromatic rings. The van der Waals surface area contributed by atoms with Crippen molar-refractivity contribution in [3.05, 3.63) is 0 Å². The van der Waals surface area contributed by atoms with Gasteiger partial charge in [0.05, 0.1) is 7.11 Å². The minimum Gasteiger partial charge on any atom is -0.468 e. The van der Waals surface area contributed by atoms with Gasteiger partial charge in [-0.1, -0.05) is 26.7 Å². The highest BCUT2D eigenvalue weighted by molar-refractivity contribution is 5.81. The van der Waals surface area contributed by atoms with Crippen LogP contribution in [-0.2, 0) is 9.53 Å². The van der Waals surface area contributed by atoms with Crippen molar-refractivity contribution >= 4 is 5.97 Å². The smallest absolute Gasteiger partial charge is 0.326 e. The average Bonchev–Trinajstić information content (AvgIpc) is 2.27. The van der Waals surface area contributed by atoms with E-state index in [4.69, 9.17) is 4.74 Å². The predicted molar refractivity (Wildman–Crippen MR) is 69.8 cm³/mol. The maximum atomic E-state index is 12.3. The van der Waals surface area contributed by atoms with Crippen LogP contribution in [0.5, 0.6) is 0 Å². The molecular weight excluding hydrogens is 214 g/mol. The van der Waals surface area contributed by atoms with Gasteiger partial charge < -0.3 is 4.74 Å². The van der Waals surface area contributed by atoms with Gasteiger partial charge in [-0.25, -0.2) is 0 Å². The lowest BCUT2D eigenvalue weighted by molar-refractivity contribution is -0.154. The Morgan fingerprint density at radius 3 is 2.41 bits per heavy atom. The summed E-state index contributed by atoms with van der Waals surface area (Å²) in [6, 6.07) is 0.299. The van der Waals surface area contributed by atoms with Gasteiger partial charge in [-0.15, -0.1) is 0 Å². The Balaban J connectivity index is 3.03. The fourth-order valence-corrected chi connectivity index (χ4v) is 3.29. The molecule has 1 aliphatic rings. The number of hydrogen-bond donors (Lipinski definition) is 1. The maximum Gasteiger partial charge on any atom is 0.326 e. The molecule has 0 bridgehead atoms. The number of methoxy groups -OCH3 is 1. The van der Waals surface area contributed by atoms with E-state index in [9.17, 15) is 4.79 Å². The first-order valence-corrected chi connectivity index (χ1v) is 6.80. The van der Waals surface area contributed by atoms with E-state index in [0.717, 1.165) is 19.3 Å². The van der Waals surface area contributed by atoms with Crippen LogP contribution in [0.3, 0.4) is 0 Å². The van der Waals surface area contributed by atoms with Crippen LogP contribution in [0.2, 0.25) is 0 Å². The lowest BCUT2D eigenvalue weighted by Crippen LogP contribution is -2.62. The molecule has 2 atom stereocenters. The highest BCUT2D eigenvalue weighted by atomic mass is 16.5. The summed E-state index contributed by atoms with van der Waals surface area (Å²) in [5.74, 6) is 0.802. The number of nitrogens with one attached hydrogen (secondary N) is 1. The Morgan fingerprint density at radius 2 is 1.94 bits per heavy atom. The topological polar surface area (TPSA) is 38.3 Å². The number of ether oxygens (including phenoxy) is 1. The lowest BCUT2D eigenvalue weighted by Gasteiger charge is -2.45. The molecule has 1 aliphatic carbocycles. The lowest BCUT2D eigenvalue weighted by atomic mass is 9.67. The zero-order valence-corrected chi connectivity index (χ0v) is 11.9. The van der Waals surface area contributed by atoms with E-state index < -0.39 is 5.54 Å². The van der Waals surface area contributed by atoms with Crippen molar-refractivity contribution in [2.45, 2.75) is 65.0 Å². The predicted octanol–water partition coefficient (Wildman–Crippen LogP) is 2.74. The molecule has 3 heteroatoms. The third-order valence-electron chi connectivity index (χ3n) is 3.87. The van der Waals surface area contributed by atoms with Crippen LogP contribution < -0.4 is 5.32 Å². The second-order valence-electron chi connectivity index (χ2n) is 5.86. The standard InChI is InChI=1S/C14H27NO2/c1-10(2)12-8-6-7-9-14(12,13(16)17-5)15-11(3)4/h10-12,15H,6-9H2,1-5H3. The van der Waals surface area contributed by atoms with Crippen molar-refractivity contribution in [1.82, 2.24) is 5.32 Å². The molecule has 3 nitrogen and oxygen atoms in total. The molecule has 1 rings (SSSR count). The SMILES string of the molecule is COC(=O)C1(NC(C)C)CCCCC1C(C)C. The summed E-state index contributed by atoms with van der Waals surface area (Å²) in [6.45, 7) is 8.60. The molecule has 0 saturated heterocycles. The van der Waals surface area contributed by atoms with Crippen LogP contribution in [0.25, 0.3) is 0 Å². The van der Waals surface area contributed by atoms with Gasteiger partial charge in [-0.2, -0.15) is 0 Å². The second-order valence-corrected chi connectivity index (χ2v) is 5.86. The van der Waals surface area contributed by atoms with Gasteiger partial charge in [0, 0.05) is 6.04 Å². The first kappa shape index (κ1) is 14.5. The quantitative estimate of drug-likeness (QED) is 0.769. The van der Waals surface area contributed by atoms with Crippen molar-refractivity contribution in [1.29, 1.82) is 0 Å². The third-order valence-corrected chi connectivity index (χ3v) is 3.87. The van der Waals surface area contributed by atoms with Gasteiger partial charge in [0.15, 0.2) is 0 Å². The summed E-state index contributed by atoms with van der Waals surface area (Å²) in [6.07, 6.45) is 4.35. The maximum absolute atomic E-state index is 12.3. The molecule has 1 saturated carbocycles. The minimum atomic E-state index is -0.463. The molecule has 0 radical (unpaired) electrons. The number of carbonyl (C=O) groups is 1. The molecule has 0 aliphatic heterocycles. The molecule has 1 fully saturated rings. The Morgan fingerprint density at radius 1 is 1.29 bits per heavy atom. The van der Waals surface area contributed by atoms with Crippen molar-refractivity contribution in [3.8, 4) is 0 Å². The summed E-state index contributed by atoms with van der Waals surface area (Å²) in [7, 11) is 1.50. The molecule has 0 spiro atoms. The van der Waals surface area contributed by atoms with Crippen LogP contribution in [-0.4, -0.2) is 24.7 Å². The summed E-state index contributed by atoms with van der Waals surface area (Å²) in [5, 5.41) is 3.50. The molecule has 1 N–H and O–H groups in total.